The van der Waals surface area contributed by atoms with Crippen LogP contribution in [0.4, 0.5) is 10.5 Å². The molecule has 194 valence electrons. The predicted octanol–water partition coefficient (Wildman–Crippen LogP) is 6.57. The van der Waals surface area contributed by atoms with E-state index in [-0.39, 0.29) is 12.4 Å². The third-order valence-corrected chi connectivity index (χ3v) is 5.90. The molecule has 2 heterocycles. The van der Waals surface area contributed by atoms with Crippen LogP contribution in [0, 0.1) is 0 Å². The third-order valence-electron chi connectivity index (χ3n) is 5.90. The molecule has 2 aromatic carbocycles. The lowest BCUT2D eigenvalue weighted by Crippen LogP contribution is -2.34. The number of fused-ring (bicyclic) bond motifs is 1. The minimum absolute atomic E-state index is 0.0333. The van der Waals surface area contributed by atoms with E-state index >= 15 is 0 Å². The van der Waals surface area contributed by atoms with Crippen LogP contribution < -0.4 is 9.64 Å². The van der Waals surface area contributed by atoms with Gasteiger partial charge in [0.25, 0.3) is 0 Å². The van der Waals surface area contributed by atoms with Crippen molar-refractivity contribution in [3.63, 3.8) is 0 Å². The molecule has 8 heteroatoms. The number of rotatable bonds is 8. The van der Waals surface area contributed by atoms with E-state index in [4.69, 9.17) is 23.4 Å². The molecule has 2 atom stereocenters. The summed E-state index contributed by atoms with van der Waals surface area (Å²) in [5.41, 5.74) is 2.35. The van der Waals surface area contributed by atoms with E-state index in [1.165, 1.54) is 4.90 Å². The molecule has 0 radical (unpaired) electrons. The second kappa shape index (κ2) is 11.3. The number of ether oxygens (including phenoxy) is 4. The maximum absolute atomic E-state index is 12.3. The summed E-state index contributed by atoms with van der Waals surface area (Å²) in [6, 6.07) is 13.0. The topological polar surface area (TPSA) is 83.3 Å². The number of hydrogen-bond donors (Lipinski definition) is 0. The molecule has 0 aliphatic carbocycles. The minimum atomic E-state index is -0.555. The number of oxazole rings is 1. The van der Waals surface area contributed by atoms with Crippen LogP contribution in [0.3, 0.4) is 0 Å². The molecular weight excluding hydrogens is 460 g/mol. The molecular formula is C28H36N2O6. The van der Waals surface area contributed by atoms with Gasteiger partial charge in [-0.25, -0.2) is 9.78 Å². The Morgan fingerprint density at radius 2 is 1.94 bits per heavy atom. The summed E-state index contributed by atoms with van der Waals surface area (Å²) in [7, 11) is 1.68. The van der Waals surface area contributed by atoms with Crippen LogP contribution in [-0.4, -0.2) is 49.3 Å². The molecule has 0 bridgehead atoms. The fraction of sp³-hybridized carbons (Fsp3) is 0.500. The Kier molecular flexibility index (Phi) is 8.16. The van der Waals surface area contributed by atoms with E-state index in [2.05, 4.69) is 11.9 Å². The minimum Gasteiger partial charge on any atom is -0.491 e. The predicted molar refractivity (Wildman–Crippen MR) is 138 cm³/mol. The lowest BCUT2D eigenvalue weighted by molar-refractivity contribution is -0.193. The van der Waals surface area contributed by atoms with Gasteiger partial charge < -0.3 is 23.4 Å². The van der Waals surface area contributed by atoms with Gasteiger partial charge in [0.1, 0.15) is 23.5 Å². The van der Waals surface area contributed by atoms with Crippen LogP contribution in [-0.2, 0) is 14.2 Å². The van der Waals surface area contributed by atoms with E-state index in [0.717, 1.165) is 37.9 Å². The molecule has 8 nitrogen and oxygen atoms in total. The number of aromatic nitrogens is 1. The summed E-state index contributed by atoms with van der Waals surface area (Å²) in [6.07, 6.45) is 3.43. The first-order valence-corrected chi connectivity index (χ1v) is 12.6. The molecule has 1 aliphatic heterocycles. The highest BCUT2D eigenvalue weighted by atomic mass is 16.7. The zero-order valence-electron chi connectivity index (χ0n) is 21.8. The molecule has 0 saturated carbocycles. The highest BCUT2D eigenvalue weighted by Crippen LogP contribution is 2.29. The quantitative estimate of drug-likeness (QED) is 0.349. The van der Waals surface area contributed by atoms with Crippen LogP contribution in [0.1, 0.15) is 53.4 Å². The van der Waals surface area contributed by atoms with Crippen molar-refractivity contribution in [2.75, 3.05) is 25.2 Å². The maximum Gasteiger partial charge on any atom is 0.414 e. The third kappa shape index (κ3) is 6.77. The smallest absolute Gasteiger partial charge is 0.414 e. The average Bonchev–Trinajstić information content (AvgIpc) is 3.29. The van der Waals surface area contributed by atoms with E-state index in [1.807, 2.05) is 63.2 Å². The number of nitrogens with zero attached hydrogens (tertiary/aromatic N) is 2. The molecule has 4 rings (SSSR count). The van der Waals surface area contributed by atoms with Crippen LogP contribution in [0.2, 0.25) is 0 Å². The van der Waals surface area contributed by atoms with Crippen LogP contribution in [0.25, 0.3) is 22.6 Å². The van der Waals surface area contributed by atoms with Crippen molar-refractivity contribution in [3.05, 3.63) is 42.5 Å². The van der Waals surface area contributed by atoms with Crippen molar-refractivity contribution in [1.82, 2.24) is 4.98 Å². The molecule has 0 spiro atoms. The fourth-order valence-electron chi connectivity index (χ4n) is 3.86. The zero-order chi connectivity index (χ0) is 25.7. The summed E-state index contributed by atoms with van der Waals surface area (Å²) in [6.45, 7) is 8.81. The summed E-state index contributed by atoms with van der Waals surface area (Å²) in [4.78, 5) is 18.4. The van der Waals surface area contributed by atoms with Gasteiger partial charge in [0.2, 0.25) is 5.89 Å². The fourth-order valence-corrected chi connectivity index (χ4v) is 3.86. The summed E-state index contributed by atoms with van der Waals surface area (Å²) in [5.74, 6) is 1.21. The van der Waals surface area contributed by atoms with Crippen LogP contribution >= 0.6 is 0 Å². The van der Waals surface area contributed by atoms with Gasteiger partial charge in [-0.3, -0.25) is 4.90 Å². The lowest BCUT2D eigenvalue weighted by atomic mass is 10.2. The van der Waals surface area contributed by atoms with Gasteiger partial charge in [0.15, 0.2) is 11.9 Å². The van der Waals surface area contributed by atoms with Crippen molar-refractivity contribution < 1.29 is 28.2 Å². The Morgan fingerprint density at radius 3 is 2.61 bits per heavy atom. The van der Waals surface area contributed by atoms with Gasteiger partial charge >= 0.3 is 6.09 Å². The van der Waals surface area contributed by atoms with E-state index in [1.54, 1.807) is 7.05 Å². The van der Waals surface area contributed by atoms with Crippen LogP contribution in [0.5, 0.6) is 5.75 Å². The van der Waals surface area contributed by atoms with E-state index in [9.17, 15) is 4.79 Å². The molecule has 0 N–H and O–H groups in total. The summed E-state index contributed by atoms with van der Waals surface area (Å²) < 4.78 is 29.2. The monoisotopic (exact) mass is 496 g/mol. The number of hydrogen-bond acceptors (Lipinski definition) is 7. The van der Waals surface area contributed by atoms with Gasteiger partial charge in [0.05, 0.1) is 6.10 Å². The first-order chi connectivity index (χ1) is 17.2. The highest BCUT2D eigenvalue weighted by Gasteiger charge is 2.21. The van der Waals surface area contributed by atoms with Crippen molar-refractivity contribution in [2.24, 2.45) is 0 Å². The number of anilines is 1. The standard InChI is InChI=1S/C28H36N2O6/c1-6-21(34-25-9-7-8-16-32-25)18-33-22-14-15-24-23(17-22)29-26(35-24)19-10-12-20(13-11-19)30(5)27(31)36-28(2,3)4/h10-15,17,21,25H,6-9,16,18H2,1-5H3/t21-,25?/m0/s1. The highest BCUT2D eigenvalue weighted by molar-refractivity contribution is 5.87. The largest absolute Gasteiger partial charge is 0.491 e. The molecule has 1 fully saturated rings. The number of carbonyl (C=O) groups is 1. The van der Waals surface area contributed by atoms with E-state index < -0.39 is 11.7 Å². The maximum atomic E-state index is 12.3. The van der Waals surface area contributed by atoms with E-state index in [0.29, 0.717) is 35.0 Å². The number of benzene rings is 2. The van der Waals surface area contributed by atoms with Crippen LogP contribution in [0.15, 0.2) is 46.9 Å². The second-order valence-electron chi connectivity index (χ2n) is 10.0. The Balaban J connectivity index is 1.39. The van der Waals surface area contributed by atoms with Gasteiger partial charge in [-0.2, -0.15) is 0 Å². The average molecular weight is 497 g/mol. The van der Waals surface area contributed by atoms with Gasteiger partial charge in [-0.1, -0.05) is 6.92 Å². The Labute approximate surface area is 212 Å². The molecule has 1 aromatic heterocycles. The SMILES string of the molecule is CC[C@@H](COc1ccc2oc(-c3ccc(N(C)C(=O)OC(C)(C)C)cc3)nc2c1)OC1CCCCO1. The van der Waals surface area contributed by atoms with Crippen molar-refractivity contribution in [1.29, 1.82) is 0 Å². The zero-order valence-corrected chi connectivity index (χ0v) is 21.8. The summed E-state index contributed by atoms with van der Waals surface area (Å²) >= 11 is 0. The number of amides is 1. The first kappa shape index (κ1) is 26.0. The Morgan fingerprint density at radius 1 is 1.17 bits per heavy atom. The molecule has 1 amide bonds. The van der Waals surface area contributed by atoms with Crippen molar-refractivity contribution in [3.8, 4) is 17.2 Å². The first-order valence-electron chi connectivity index (χ1n) is 12.6. The Bertz CT molecular complexity index is 1150. The molecule has 3 aromatic rings. The van der Waals surface area contributed by atoms with Crippen molar-refractivity contribution >= 4 is 22.9 Å². The normalized spacial score (nSPS) is 17.1. The molecule has 1 aliphatic rings. The molecule has 1 unspecified atom stereocenters. The summed E-state index contributed by atoms with van der Waals surface area (Å²) in [5, 5.41) is 0. The van der Waals surface area contributed by atoms with Crippen molar-refractivity contribution in [2.45, 2.75) is 71.4 Å². The number of carbonyl (C=O) groups excluding carboxylic acids is 1. The van der Waals surface area contributed by atoms with Gasteiger partial charge in [-0.15, -0.1) is 0 Å². The Hall–Kier alpha value is -3.10. The second-order valence-corrected chi connectivity index (χ2v) is 10.0. The molecule has 1 saturated heterocycles. The lowest BCUT2D eigenvalue weighted by Gasteiger charge is -2.27. The molecule has 36 heavy (non-hydrogen) atoms. The van der Waals surface area contributed by atoms with Gasteiger partial charge in [-0.05, 0) is 82.9 Å². The van der Waals surface area contributed by atoms with Gasteiger partial charge in [0, 0.05) is 31.0 Å².